The predicted molar refractivity (Wildman–Crippen MR) is 82.8 cm³/mol. The maximum atomic E-state index is 13.1. The molecule has 1 aliphatic heterocycles. The summed E-state index contributed by atoms with van der Waals surface area (Å²) >= 11 is 0. The van der Waals surface area contributed by atoms with Crippen LogP contribution in [0.2, 0.25) is 0 Å². The van der Waals surface area contributed by atoms with Crippen molar-refractivity contribution in [2.45, 2.75) is 75.1 Å². The Bertz CT molecular complexity index is 598. The van der Waals surface area contributed by atoms with Crippen molar-refractivity contribution in [1.29, 1.82) is 5.26 Å². The summed E-state index contributed by atoms with van der Waals surface area (Å²) in [5, 5.41) is 20.2. The van der Waals surface area contributed by atoms with Crippen LogP contribution in [0.3, 0.4) is 0 Å². The number of fused-ring (bicyclic) bond motifs is 1. The molecule has 124 valence electrons. The number of likely N-dealkylation sites (tertiary alicyclic amines) is 1. The molecule has 5 saturated carbocycles. The lowest BCUT2D eigenvalue weighted by molar-refractivity contribution is -0.177. The summed E-state index contributed by atoms with van der Waals surface area (Å²) in [7, 11) is 0. The summed E-state index contributed by atoms with van der Waals surface area (Å²) < 4.78 is 0. The molecule has 23 heavy (non-hydrogen) atoms. The smallest absolute Gasteiger partial charge is 0.241 e. The number of piperidine rings is 1. The van der Waals surface area contributed by atoms with Crippen LogP contribution in [0.25, 0.3) is 0 Å². The molecule has 5 nitrogen and oxygen atoms in total. The average molecular weight is 315 g/mol. The van der Waals surface area contributed by atoms with Crippen LogP contribution in [-0.4, -0.2) is 39.6 Å². The van der Waals surface area contributed by atoms with Gasteiger partial charge in [0.2, 0.25) is 5.91 Å². The van der Waals surface area contributed by atoms with Crippen LogP contribution in [-0.2, 0) is 4.79 Å². The van der Waals surface area contributed by atoms with Gasteiger partial charge in [-0.3, -0.25) is 4.79 Å². The van der Waals surface area contributed by atoms with Gasteiger partial charge in [-0.15, -0.1) is 0 Å². The molecule has 5 aliphatic carbocycles. The summed E-state index contributed by atoms with van der Waals surface area (Å²) in [5.41, 5.74) is 5.71. The molecule has 0 radical (unpaired) electrons. The second-order valence-corrected chi connectivity index (χ2v) is 9.21. The van der Waals surface area contributed by atoms with Crippen molar-refractivity contribution in [3.05, 3.63) is 0 Å². The lowest BCUT2D eigenvalue weighted by Gasteiger charge is -2.61. The first-order valence-corrected chi connectivity index (χ1v) is 9.13. The van der Waals surface area contributed by atoms with Crippen LogP contribution in [0, 0.1) is 34.5 Å². The summed E-state index contributed by atoms with van der Waals surface area (Å²) in [6.45, 7) is 0. The Kier molecular flexibility index (Phi) is 2.65. The molecule has 2 unspecified atom stereocenters. The molecule has 6 aliphatic rings. The molecule has 3 N–H and O–H groups in total. The maximum absolute atomic E-state index is 13.1. The maximum Gasteiger partial charge on any atom is 0.241 e. The molecule has 5 heteroatoms. The van der Waals surface area contributed by atoms with Crippen LogP contribution in [0.1, 0.15) is 51.4 Å². The highest BCUT2D eigenvalue weighted by Crippen LogP contribution is 2.63. The largest absolute Gasteiger partial charge is 0.390 e. The molecule has 0 aromatic heterocycles. The van der Waals surface area contributed by atoms with Crippen molar-refractivity contribution in [1.82, 2.24) is 4.90 Å². The lowest BCUT2D eigenvalue weighted by Crippen LogP contribution is -2.64. The van der Waals surface area contributed by atoms with Crippen molar-refractivity contribution < 1.29 is 9.90 Å². The summed E-state index contributed by atoms with van der Waals surface area (Å²) in [6, 6.07) is 1.72. The number of hydrogen-bond donors (Lipinski definition) is 2. The SMILES string of the molecule is N#C[C@H]1C[C@H]2C[C@H]2N1C(=O)[C@@H](N)C12C[C@@H]3C[C@@H](CC(O)(C3)C1)C2. The summed E-state index contributed by atoms with van der Waals surface area (Å²) in [4.78, 5) is 14.9. The van der Waals surface area contributed by atoms with Gasteiger partial charge in [0.15, 0.2) is 0 Å². The average Bonchev–Trinajstić information content (AvgIpc) is 3.14. The van der Waals surface area contributed by atoms with Gasteiger partial charge in [-0.1, -0.05) is 0 Å². The Morgan fingerprint density at radius 2 is 1.91 bits per heavy atom. The second kappa shape index (κ2) is 4.29. The molecule has 1 heterocycles. The third-order valence-electron chi connectivity index (χ3n) is 7.51. The van der Waals surface area contributed by atoms with Crippen LogP contribution < -0.4 is 5.73 Å². The molecule has 0 aromatic carbocycles. The molecule has 8 atom stereocenters. The number of amides is 1. The number of nitrogens with two attached hydrogens (primary N) is 1. The Balaban J connectivity index is 1.43. The second-order valence-electron chi connectivity index (χ2n) is 9.21. The van der Waals surface area contributed by atoms with Crippen LogP contribution in [0.15, 0.2) is 0 Å². The number of hydrogen-bond acceptors (Lipinski definition) is 4. The monoisotopic (exact) mass is 315 g/mol. The van der Waals surface area contributed by atoms with E-state index in [0.29, 0.717) is 24.2 Å². The standard InChI is InChI=1S/C18H25N3O2/c19-8-13-2-12-3-14(12)21(13)16(22)15(20)17-4-10-1-11(5-17)7-18(23,6-10)9-17/h10-15,23H,1-7,9,20H2/t10-,11+,12-,13+,14+,15+,17?,18?/m0/s1. The normalized spacial score (nSPS) is 53.8. The first-order valence-electron chi connectivity index (χ1n) is 9.13. The van der Waals surface area contributed by atoms with E-state index in [-0.39, 0.29) is 23.4 Å². The Morgan fingerprint density at radius 1 is 1.22 bits per heavy atom. The van der Waals surface area contributed by atoms with Crippen LogP contribution >= 0.6 is 0 Å². The number of rotatable bonds is 2. The van der Waals surface area contributed by atoms with Gasteiger partial charge in [0.1, 0.15) is 6.04 Å². The van der Waals surface area contributed by atoms with Crippen molar-refractivity contribution >= 4 is 5.91 Å². The molecular weight excluding hydrogens is 290 g/mol. The summed E-state index contributed by atoms with van der Waals surface area (Å²) in [5.74, 6) is 1.56. The summed E-state index contributed by atoms with van der Waals surface area (Å²) in [6.07, 6.45) is 7.48. The molecular formula is C18H25N3O2. The van der Waals surface area contributed by atoms with Gasteiger partial charge in [0, 0.05) is 6.04 Å². The topological polar surface area (TPSA) is 90.4 Å². The molecule has 0 aromatic rings. The van der Waals surface area contributed by atoms with Crippen LogP contribution in [0.4, 0.5) is 0 Å². The Hall–Kier alpha value is -1.12. The van der Waals surface area contributed by atoms with Gasteiger partial charge in [-0.25, -0.2) is 0 Å². The highest BCUT2D eigenvalue weighted by Gasteiger charge is 2.62. The number of carbonyl (C=O) groups excluding carboxylic acids is 1. The van der Waals surface area contributed by atoms with Gasteiger partial charge in [-0.2, -0.15) is 5.26 Å². The van der Waals surface area contributed by atoms with Gasteiger partial charge in [0.05, 0.1) is 17.7 Å². The van der Waals surface area contributed by atoms with Crippen molar-refractivity contribution in [2.24, 2.45) is 28.9 Å². The zero-order valence-corrected chi connectivity index (χ0v) is 13.4. The minimum Gasteiger partial charge on any atom is -0.390 e. The van der Waals surface area contributed by atoms with E-state index in [4.69, 9.17) is 5.73 Å². The van der Waals surface area contributed by atoms with Crippen LogP contribution in [0.5, 0.6) is 0 Å². The molecule has 6 rings (SSSR count). The van der Waals surface area contributed by atoms with E-state index < -0.39 is 11.6 Å². The van der Waals surface area contributed by atoms with Gasteiger partial charge < -0.3 is 15.7 Å². The minimum atomic E-state index is -0.594. The minimum absolute atomic E-state index is 0.0212. The van der Waals surface area contributed by atoms with E-state index in [9.17, 15) is 15.2 Å². The van der Waals surface area contributed by atoms with Gasteiger partial charge >= 0.3 is 0 Å². The number of nitriles is 1. The third kappa shape index (κ3) is 1.88. The molecule has 4 bridgehead atoms. The Morgan fingerprint density at radius 3 is 2.52 bits per heavy atom. The van der Waals surface area contributed by atoms with Crippen molar-refractivity contribution in [3.63, 3.8) is 0 Å². The van der Waals surface area contributed by atoms with E-state index in [1.165, 1.54) is 6.42 Å². The molecule has 0 spiro atoms. The van der Waals surface area contributed by atoms with E-state index in [1.54, 1.807) is 4.90 Å². The van der Waals surface area contributed by atoms with Crippen molar-refractivity contribution in [2.75, 3.05) is 0 Å². The zero-order valence-electron chi connectivity index (χ0n) is 13.4. The fourth-order valence-corrected chi connectivity index (χ4v) is 6.96. The quantitative estimate of drug-likeness (QED) is 0.800. The highest BCUT2D eigenvalue weighted by molar-refractivity contribution is 5.84. The third-order valence-corrected chi connectivity index (χ3v) is 7.51. The fourth-order valence-electron chi connectivity index (χ4n) is 6.96. The fraction of sp³-hybridized carbons (Fsp3) is 0.889. The van der Waals surface area contributed by atoms with Gasteiger partial charge in [-0.05, 0) is 74.5 Å². The van der Waals surface area contributed by atoms with E-state index >= 15 is 0 Å². The lowest BCUT2D eigenvalue weighted by atomic mass is 9.46. The molecule has 6 fully saturated rings. The number of carbonyl (C=O) groups is 1. The highest BCUT2D eigenvalue weighted by atomic mass is 16.3. The van der Waals surface area contributed by atoms with Gasteiger partial charge in [0.25, 0.3) is 0 Å². The first kappa shape index (κ1) is 14.2. The number of aliphatic hydroxyl groups is 1. The number of nitrogens with zero attached hydrogens (tertiary/aromatic N) is 2. The molecule has 1 amide bonds. The van der Waals surface area contributed by atoms with E-state index in [2.05, 4.69) is 6.07 Å². The van der Waals surface area contributed by atoms with E-state index in [0.717, 1.165) is 38.5 Å². The Labute approximate surface area is 136 Å². The molecule has 1 saturated heterocycles. The first-order chi connectivity index (χ1) is 10.9. The predicted octanol–water partition coefficient (Wildman–Crippen LogP) is 1.16. The van der Waals surface area contributed by atoms with Crippen molar-refractivity contribution in [3.8, 4) is 6.07 Å². The zero-order chi connectivity index (χ0) is 16.0. The van der Waals surface area contributed by atoms with E-state index in [1.807, 2.05) is 0 Å².